The minimum atomic E-state index is 0.867. The Kier molecular flexibility index (Phi) is 4.90. The fraction of sp³-hybridized carbons (Fsp3) is 0.867. The van der Waals surface area contributed by atoms with E-state index < -0.39 is 0 Å². The maximum atomic E-state index is 3.57. The zero-order valence-electron chi connectivity index (χ0n) is 10.8. The largest absolute Gasteiger partial charge is 0.314 e. The van der Waals surface area contributed by atoms with Gasteiger partial charge in [-0.25, -0.2) is 0 Å². The summed E-state index contributed by atoms with van der Waals surface area (Å²) >= 11 is 0. The molecule has 2 aliphatic carbocycles. The minimum absolute atomic E-state index is 0.867. The standard InChI is InChI=1S/C15H27N/c1-2-13-7-3-4-8-14(13)9-5-6-12-16-15-10-11-15/h5,9,13-16H,2-4,6-8,10-12H2,1H3/b9-5+. The van der Waals surface area contributed by atoms with Gasteiger partial charge in [0.2, 0.25) is 0 Å². The molecule has 0 amide bonds. The van der Waals surface area contributed by atoms with Crippen LogP contribution in [0.1, 0.15) is 58.3 Å². The van der Waals surface area contributed by atoms with Crippen molar-refractivity contribution in [3.8, 4) is 0 Å². The summed E-state index contributed by atoms with van der Waals surface area (Å²) in [5, 5.41) is 3.57. The average Bonchev–Trinajstić information content (AvgIpc) is 3.13. The number of hydrogen-bond acceptors (Lipinski definition) is 1. The molecule has 0 aliphatic heterocycles. The molecule has 2 rings (SSSR count). The van der Waals surface area contributed by atoms with Gasteiger partial charge in [-0.15, -0.1) is 0 Å². The molecule has 2 saturated carbocycles. The SMILES string of the molecule is CCC1CCCCC1/C=C/CCNC1CC1. The van der Waals surface area contributed by atoms with Crippen LogP contribution in [0.4, 0.5) is 0 Å². The third kappa shape index (κ3) is 3.93. The highest BCUT2D eigenvalue weighted by Gasteiger charge is 2.21. The first-order valence-corrected chi connectivity index (χ1v) is 7.30. The fourth-order valence-electron chi connectivity index (χ4n) is 2.93. The van der Waals surface area contributed by atoms with E-state index in [1.54, 1.807) is 0 Å². The van der Waals surface area contributed by atoms with Gasteiger partial charge in [-0.3, -0.25) is 0 Å². The predicted molar refractivity (Wildman–Crippen MR) is 70.5 cm³/mol. The Morgan fingerprint density at radius 3 is 2.69 bits per heavy atom. The fourth-order valence-corrected chi connectivity index (χ4v) is 2.93. The van der Waals surface area contributed by atoms with Crippen LogP contribution >= 0.6 is 0 Å². The maximum Gasteiger partial charge on any atom is 0.00683 e. The third-order valence-electron chi connectivity index (χ3n) is 4.20. The Bertz CT molecular complexity index is 217. The van der Waals surface area contributed by atoms with Gasteiger partial charge in [0.15, 0.2) is 0 Å². The van der Waals surface area contributed by atoms with E-state index in [2.05, 4.69) is 24.4 Å². The first-order chi connectivity index (χ1) is 7.90. The van der Waals surface area contributed by atoms with Crippen LogP contribution in [-0.4, -0.2) is 12.6 Å². The summed E-state index contributed by atoms with van der Waals surface area (Å²) < 4.78 is 0. The molecule has 16 heavy (non-hydrogen) atoms. The van der Waals surface area contributed by atoms with Crippen molar-refractivity contribution in [3.05, 3.63) is 12.2 Å². The molecule has 0 heterocycles. The Balaban J connectivity index is 1.62. The van der Waals surface area contributed by atoms with Crippen molar-refractivity contribution in [2.45, 2.75) is 64.3 Å². The van der Waals surface area contributed by atoms with Gasteiger partial charge in [-0.2, -0.15) is 0 Å². The summed E-state index contributed by atoms with van der Waals surface area (Å²) in [6, 6.07) is 0.867. The topological polar surface area (TPSA) is 12.0 Å². The van der Waals surface area contributed by atoms with Crippen molar-refractivity contribution >= 4 is 0 Å². The smallest absolute Gasteiger partial charge is 0.00683 e. The number of allylic oxidation sites excluding steroid dienone is 1. The number of hydrogen-bond donors (Lipinski definition) is 1. The van der Waals surface area contributed by atoms with Crippen LogP contribution in [0.5, 0.6) is 0 Å². The summed E-state index contributed by atoms with van der Waals surface area (Å²) in [4.78, 5) is 0. The molecule has 0 spiro atoms. The lowest BCUT2D eigenvalue weighted by molar-refractivity contribution is 0.276. The summed E-state index contributed by atoms with van der Waals surface area (Å²) in [6.07, 6.45) is 16.2. The van der Waals surface area contributed by atoms with Crippen LogP contribution in [0, 0.1) is 11.8 Å². The van der Waals surface area contributed by atoms with Gasteiger partial charge in [0, 0.05) is 6.04 Å². The normalized spacial score (nSPS) is 31.1. The van der Waals surface area contributed by atoms with Gasteiger partial charge in [0.05, 0.1) is 0 Å². The van der Waals surface area contributed by atoms with Gasteiger partial charge in [0.1, 0.15) is 0 Å². The van der Waals surface area contributed by atoms with Crippen LogP contribution in [0.3, 0.4) is 0 Å². The molecule has 2 unspecified atom stereocenters. The average molecular weight is 221 g/mol. The van der Waals surface area contributed by atoms with Crippen molar-refractivity contribution < 1.29 is 0 Å². The molecule has 1 heteroatoms. The molecule has 1 nitrogen and oxygen atoms in total. The van der Waals surface area contributed by atoms with E-state index in [0.717, 1.165) is 17.9 Å². The van der Waals surface area contributed by atoms with E-state index in [0.29, 0.717) is 0 Å². The zero-order valence-corrected chi connectivity index (χ0v) is 10.8. The first kappa shape index (κ1) is 12.2. The molecule has 0 aromatic carbocycles. The maximum absolute atomic E-state index is 3.57. The number of rotatable bonds is 6. The zero-order chi connectivity index (χ0) is 11.2. The van der Waals surface area contributed by atoms with Crippen molar-refractivity contribution in [1.82, 2.24) is 5.32 Å². The highest BCUT2D eigenvalue weighted by atomic mass is 14.9. The summed E-state index contributed by atoms with van der Waals surface area (Å²) in [7, 11) is 0. The molecule has 0 radical (unpaired) electrons. The van der Waals surface area contributed by atoms with Crippen molar-refractivity contribution in [2.24, 2.45) is 11.8 Å². The van der Waals surface area contributed by atoms with E-state index in [1.807, 2.05) is 0 Å². The Morgan fingerprint density at radius 1 is 1.12 bits per heavy atom. The quantitative estimate of drug-likeness (QED) is 0.530. The molecule has 2 fully saturated rings. The van der Waals surface area contributed by atoms with E-state index >= 15 is 0 Å². The van der Waals surface area contributed by atoms with Crippen LogP contribution in [-0.2, 0) is 0 Å². The van der Waals surface area contributed by atoms with Crippen molar-refractivity contribution in [1.29, 1.82) is 0 Å². The second kappa shape index (κ2) is 6.44. The molecule has 2 aliphatic rings. The lowest BCUT2D eigenvalue weighted by Gasteiger charge is -2.28. The van der Waals surface area contributed by atoms with E-state index in [4.69, 9.17) is 0 Å². The highest BCUT2D eigenvalue weighted by molar-refractivity contribution is 4.94. The van der Waals surface area contributed by atoms with Gasteiger partial charge in [0.25, 0.3) is 0 Å². The molecule has 92 valence electrons. The molecular formula is C15H27N. The second-order valence-electron chi connectivity index (χ2n) is 5.56. The summed E-state index contributed by atoms with van der Waals surface area (Å²) in [6.45, 7) is 3.54. The van der Waals surface area contributed by atoms with Crippen LogP contribution in [0.25, 0.3) is 0 Å². The molecule has 0 bridgehead atoms. The minimum Gasteiger partial charge on any atom is -0.314 e. The second-order valence-corrected chi connectivity index (χ2v) is 5.56. The van der Waals surface area contributed by atoms with Gasteiger partial charge < -0.3 is 5.32 Å². The van der Waals surface area contributed by atoms with E-state index in [9.17, 15) is 0 Å². The van der Waals surface area contributed by atoms with Crippen LogP contribution in [0.15, 0.2) is 12.2 Å². The lowest BCUT2D eigenvalue weighted by atomic mass is 9.77. The van der Waals surface area contributed by atoms with Crippen molar-refractivity contribution in [3.63, 3.8) is 0 Å². The Hall–Kier alpha value is -0.300. The Morgan fingerprint density at radius 2 is 1.94 bits per heavy atom. The number of nitrogens with one attached hydrogen (secondary N) is 1. The highest BCUT2D eigenvalue weighted by Crippen LogP contribution is 2.33. The van der Waals surface area contributed by atoms with Crippen LogP contribution in [0.2, 0.25) is 0 Å². The molecule has 0 saturated heterocycles. The predicted octanol–water partition coefficient (Wildman–Crippen LogP) is 3.90. The molecule has 0 aromatic rings. The van der Waals surface area contributed by atoms with Gasteiger partial charge in [-0.1, -0.05) is 38.3 Å². The Labute approximate surface area is 101 Å². The lowest BCUT2D eigenvalue weighted by Crippen LogP contribution is -2.18. The monoisotopic (exact) mass is 221 g/mol. The molecule has 0 aromatic heterocycles. The van der Waals surface area contributed by atoms with E-state index in [-0.39, 0.29) is 0 Å². The first-order valence-electron chi connectivity index (χ1n) is 7.30. The van der Waals surface area contributed by atoms with Crippen LogP contribution < -0.4 is 5.32 Å². The summed E-state index contributed by atoms with van der Waals surface area (Å²) in [5.41, 5.74) is 0. The summed E-state index contributed by atoms with van der Waals surface area (Å²) in [5.74, 6) is 1.86. The third-order valence-corrected chi connectivity index (χ3v) is 4.20. The van der Waals surface area contributed by atoms with E-state index in [1.165, 1.54) is 57.9 Å². The molecular weight excluding hydrogens is 194 g/mol. The molecule has 1 N–H and O–H groups in total. The van der Waals surface area contributed by atoms with Crippen molar-refractivity contribution in [2.75, 3.05) is 6.54 Å². The van der Waals surface area contributed by atoms with Gasteiger partial charge >= 0.3 is 0 Å². The van der Waals surface area contributed by atoms with Gasteiger partial charge in [-0.05, 0) is 50.5 Å². The molecule has 2 atom stereocenters.